The Morgan fingerprint density at radius 3 is 2.42 bits per heavy atom. The lowest BCUT2D eigenvalue weighted by Gasteiger charge is -2.37. The van der Waals surface area contributed by atoms with Gasteiger partial charge in [-0.25, -0.2) is 15.2 Å². The SMILES string of the molecule is CO[C@@H](C)c1ncc(N2CCN(C3CC3)CC2)cc1-c1c2c3cc(ccc3n1CC(F)(F)F)-c1csc(n1)C[C@H](NC(=O)[C@H](C1CCCC1)N1CC[C@]3(CCN(C(=O)OC(C)(C)C)C3)C1)C(=O)N1CCC[C@H](N1)C(=O)OCC(C)(C)C2. The molecule has 2 N–H and O–H groups in total. The number of aromatic nitrogens is 3. The topological polar surface area (TPSA) is 167 Å². The number of methoxy groups -OCH3 is 1. The minimum Gasteiger partial charge on any atom is -0.464 e. The van der Waals surface area contributed by atoms with E-state index in [0.717, 1.165) is 70.4 Å². The molecule has 17 nitrogen and oxygen atoms in total. The van der Waals surface area contributed by atoms with E-state index < -0.39 is 59.8 Å². The van der Waals surface area contributed by atoms with Gasteiger partial charge in [-0.15, -0.1) is 11.3 Å². The standard InChI is InChI=1S/C60H81F3N10O7S/c1-37(78-7)50-43(28-41(31-64-50)69-25-23-68(24-26-69)40-15-16-40)52-44-30-58(5,6)36-79-55(76)45-13-10-20-73(67-45)54(75)46(29-49-65-47(32-81-49)39-14-17-48(42(44)27-39)72(52)35-60(61,62)63)66-53(74)51(38-11-8-9-12-38)70-21-18-59(33-70)19-22-71(34-59)56(77)80-57(2,3)4/h14,17,27-28,31-32,37-38,40,45-46,51,67H,8-13,15-16,18-26,29-30,33-36H2,1-7H3,(H,66,74)/t37-,45-,46-,51-,59-/m0/s1. The van der Waals surface area contributed by atoms with Gasteiger partial charge in [-0.2, -0.15) is 13.2 Å². The third-order valence-corrected chi connectivity index (χ3v) is 18.9. The van der Waals surface area contributed by atoms with Crippen LogP contribution in [0.3, 0.4) is 0 Å². The average molecular weight is 1140 g/mol. The van der Waals surface area contributed by atoms with Gasteiger partial charge in [0.1, 0.15) is 24.2 Å². The fourth-order valence-electron chi connectivity index (χ4n) is 13.7. The zero-order valence-corrected chi connectivity index (χ0v) is 49.0. The second-order valence-corrected chi connectivity index (χ2v) is 27.0. The molecule has 7 aliphatic rings. The number of hydrazine groups is 1. The third-order valence-electron chi connectivity index (χ3n) is 18.1. The largest absolute Gasteiger partial charge is 0.464 e. The van der Waals surface area contributed by atoms with E-state index in [1.165, 1.54) is 33.8 Å². The Morgan fingerprint density at radius 2 is 1.70 bits per heavy atom. The number of benzene rings is 1. The highest BCUT2D eigenvalue weighted by Gasteiger charge is 2.50. The number of hydrogen-bond acceptors (Lipinski definition) is 14. The number of alkyl halides is 3. The molecule has 11 rings (SSSR count). The fraction of sp³-hybridized carbons (Fsp3) is 0.667. The zero-order chi connectivity index (χ0) is 57.2. The highest BCUT2D eigenvalue weighted by Crippen LogP contribution is 2.46. The van der Waals surface area contributed by atoms with Crippen LogP contribution in [-0.4, -0.2) is 167 Å². The molecular formula is C60H81F3N10O7S. The highest BCUT2D eigenvalue weighted by atomic mass is 32.1. The summed E-state index contributed by atoms with van der Waals surface area (Å²) in [7, 11) is 1.57. The van der Waals surface area contributed by atoms with Crippen LogP contribution in [0.2, 0.25) is 0 Å². The van der Waals surface area contributed by atoms with E-state index in [2.05, 4.69) is 25.4 Å². The maximum Gasteiger partial charge on any atom is 0.410 e. The summed E-state index contributed by atoms with van der Waals surface area (Å²) >= 11 is 1.35. The van der Waals surface area contributed by atoms with E-state index in [1.54, 1.807) is 24.1 Å². The first kappa shape index (κ1) is 57.5. The number of amides is 3. The Labute approximate surface area is 477 Å². The van der Waals surface area contributed by atoms with E-state index in [1.807, 2.05) is 65.3 Å². The average Bonchev–Trinajstić information content (AvgIpc) is 3.98. The summed E-state index contributed by atoms with van der Waals surface area (Å²) in [6.45, 7) is 16.1. The van der Waals surface area contributed by atoms with E-state index in [0.29, 0.717) is 101 Å². The minimum absolute atomic E-state index is 0.0575. The summed E-state index contributed by atoms with van der Waals surface area (Å²) in [4.78, 5) is 76.6. The molecule has 6 bridgehead atoms. The molecule has 2 aliphatic carbocycles. The van der Waals surface area contributed by atoms with Crippen LogP contribution in [0.15, 0.2) is 35.8 Å². The molecule has 3 amide bonds. The van der Waals surface area contributed by atoms with Crippen molar-refractivity contribution in [3.05, 3.63) is 52.1 Å². The molecule has 5 atom stereocenters. The maximum atomic E-state index is 15.2. The molecule has 4 saturated heterocycles. The number of halogens is 3. The number of carbonyl (C=O) groups excluding carboxylic acids is 4. The van der Waals surface area contributed by atoms with Gasteiger partial charge in [-0.1, -0.05) is 32.8 Å². The van der Waals surface area contributed by atoms with Crippen LogP contribution in [0.4, 0.5) is 23.7 Å². The predicted molar refractivity (Wildman–Crippen MR) is 303 cm³/mol. The monoisotopic (exact) mass is 1140 g/mol. The number of nitrogens with zero attached hydrogens (tertiary/aromatic N) is 8. The molecule has 3 aromatic heterocycles. The number of esters is 1. The van der Waals surface area contributed by atoms with Gasteiger partial charge in [0.05, 0.1) is 52.7 Å². The van der Waals surface area contributed by atoms with Crippen molar-refractivity contribution in [3.8, 4) is 22.5 Å². The lowest BCUT2D eigenvalue weighted by Crippen LogP contribution is -2.62. The molecule has 2 saturated carbocycles. The van der Waals surface area contributed by atoms with Crippen molar-refractivity contribution in [1.82, 2.24) is 45.0 Å². The molecule has 0 unspecified atom stereocenters. The van der Waals surface area contributed by atoms with Crippen LogP contribution in [0, 0.1) is 16.7 Å². The van der Waals surface area contributed by atoms with Gasteiger partial charge in [0, 0.05) is 110 Å². The molecule has 21 heteroatoms. The number of fused-ring (bicyclic) bond motifs is 6. The molecule has 81 heavy (non-hydrogen) atoms. The van der Waals surface area contributed by atoms with Gasteiger partial charge in [0.15, 0.2) is 0 Å². The van der Waals surface area contributed by atoms with Gasteiger partial charge in [0.25, 0.3) is 5.91 Å². The van der Waals surface area contributed by atoms with Gasteiger partial charge in [-0.05, 0) is 122 Å². The van der Waals surface area contributed by atoms with Crippen LogP contribution in [0.1, 0.15) is 128 Å². The molecule has 1 aromatic carbocycles. The molecular weight excluding hydrogens is 1060 g/mol. The number of hydrogen-bond donors (Lipinski definition) is 2. The first-order chi connectivity index (χ1) is 38.5. The van der Waals surface area contributed by atoms with E-state index in [-0.39, 0.29) is 42.8 Å². The number of likely N-dealkylation sites (tertiary alicyclic amines) is 2. The second-order valence-electron chi connectivity index (χ2n) is 26.0. The van der Waals surface area contributed by atoms with Crippen molar-refractivity contribution in [2.24, 2.45) is 16.7 Å². The summed E-state index contributed by atoms with van der Waals surface area (Å²) in [6, 6.07) is 5.63. The van der Waals surface area contributed by atoms with Crippen molar-refractivity contribution in [2.45, 2.75) is 167 Å². The van der Waals surface area contributed by atoms with E-state index >= 15 is 22.8 Å². The predicted octanol–water partition coefficient (Wildman–Crippen LogP) is 8.92. The third kappa shape index (κ3) is 12.6. The molecule has 440 valence electrons. The number of ether oxygens (including phenoxy) is 3. The van der Waals surface area contributed by atoms with Crippen LogP contribution >= 0.6 is 11.3 Å². The quantitative estimate of drug-likeness (QED) is 0.145. The van der Waals surface area contributed by atoms with Gasteiger partial charge in [0.2, 0.25) is 5.91 Å². The Bertz CT molecular complexity index is 3000. The number of nitrogens with one attached hydrogen (secondary N) is 2. The lowest BCUT2D eigenvalue weighted by atomic mass is 9.84. The summed E-state index contributed by atoms with van der Waals surface area (Å²) in [5.74, 6) is -1.09. The number of anilines is 1. The Hall–Kier alpha value is -5.35. The number of rotatable bonds is 10. The first-order valence-corrected chi connectivity index (χ1v) is 30.4. The smallest absolute Gasteiger partial charge is 0.410 e. The Balaban J connectivity index is 0.955. The van der Waals surface area contributed by atoms with E-state index in [9.17, 15) is 9.59 Å². The summed E-state index contributed by atoms with van der Waals surface area (Å²) in [6.07, 6.45) is 5.35. The van der Waals surface area contributed by atoms with Crippen LogP contribution in [0.25, 0.3) is 33.4 Å². The Morgan fingerprint density at radius 1 is 0.951 bits per heavy atom. The Kier molecular flexibility index (Phi) is 16.1. The first-order valence-electron chi connectivity index (χ1n) is 29.5. The summed E-state index contributed by atoms with van der Waals surface area (Å²) < 4.78 is 64.7. The van der Waals surface area contributed by atoms with Crippen molar-refractivity contribution < 1.29 is 46.6 Å². The number of carbonyl (C=O) groups is 4. The van der Waals surface area contributed by atoms with Crippen molar-refractivity contribution in [3.63, 3.8) is 0 Å². The summed E-state index contributed by atoms with van der Waals surface area (Å²) in [5.41, 5.74) is 6.13. The molecule has 4 aromatic rings. The molecule has 0 radical (unpaired) electrons. The minimum atomic E-state index is -4.60. The molecule has 1 spiro atoms. The van der Waals surface area contributed by atoms with Crippen molar-refractivity contribution >= 4 is 51.8 Å². The zero-order valence-electron chi connectivity index (χ0n) is 48.2. The van der Waals surface area contributed by atoms with Crippen molar-refractivity contribution in [1.29, 1.82) is 0 Å². The number of pyridine rings is 1. The number of piperazine rings is 1. The molecule has 8 heterocycles. The number of thiazole rings is 1. The fourth-order valence-corrected chi connectivity index (χ4v) is 14.6. The van der Waals surface area contributed by atoms with E-state index in [4.69, 9.17) is 24.2 Å². The van der Waals surface area contributed by atoms with Gasteiger partial charge >= 0.3 is 18.2 Å². The lowest BCUT2D eigenvalue weighted by molar-refractivity contribution is -0.155. The van der Waals surface area contributed by atoms with Crippen LogP contribution < -0.4 is 15.6 Å². The van der Waals surface area contributed by atoms with Crippen LogP contribution in [0.5, 0.6) is 0 Å². The molecule has 5 aliphatic heterocycles. The van der Waals surface area contributed by atoms with Crippen molar-refractivity contribution in [2.75, 3.05) is 77.5 Å². The van der Waals surface area contributed by atoms with Gasteiger partial charge in [-0.3, -0.25) is 34.2 Å². The summed E-state index contributed by atoms with van der Waals surface area (Å²) in [5, 5.41) is 7.78. The number of cyclic esters (lactones) is 1. The van der Waals surface area contributed by atoms with Gasteiger partial charge < -0.3 is 33.9 Å². The van der Waals surface area contributed by atoms with Crippen LogP contribution in [-0.2, 0) is 48.0 Å². The molecule has 6 fully saturated rings. The highest BCUT2D eigenvalue weighted by molar-refractivity contribution is 7.10. The maximum absolute atomic E-state index is 15.2. The second kappa shape index (κ2) is 22.7. The normalized spacial score (nSPS) is 25.4.